The molecule has 0 aliphatic carbocycles. The summed E-state index contributed by atoms with van der Waals surface area (Å²) >= 11 is 1.97. The second kappa shape index (κ2) is 4.67. The first-order chi connectivity index (χ1) is 7.72. The highest BCUT2D eigenvalue weighted by molar-refractivity contribution is 7.99. The maximum Gasteiger partial charge on any atom is 0.0992 e. The summed E-state index contributed by atoms with van der Waals surface area (Å²) in [5.41, 5.74) is 8.42. The Bertz CT molecular complexity index is 425. The van der Waals surface area contributed by atoms with Crippen LogP contribution in [0.2, 0.25) is 0 Å². The quantitative estimate of drug-likeness (QED) is 0.755. The third-order valence-corrected chi connectivity index (χ3v) is 4.03. The maximum absolute atomic E-state index is 8.90. The highest BCUT2D eigenvalue weighted by Gasteiger charge is 2.20. The summed E-state index contributed by atoms with van der Waals surface area (Å²) < 4.78 is 0. The minimum absolute atomic E-state index is 0.481. The molecule has 1 unspecified atom stereocenters. The van der Waals surface area contributed by atoms with Crippen molar-refractivity contribution in [2.45, 2.75) is 13.0 Å². The third kappa shape index (κ3) is 2.10. The van der Waals surface area contributed by atoms with E-state index in [9.17, 15) is 0 Å². The monoisotopic (exact) mass is 233 g/mol. The van der Waals surface area contributed by atoms with Gasteiger partial charge < -0.3 is 10.6 Å². The Morgan fingerprint density at radius 1 is 1.56 bits per heavy atom. The highest BCUT2D eigenvalue weighted by atomic mass is 32.2. The van der Waals surface area contributed by atoms with E-state index in [0.29, 0.717) is 11.6 Å². The molecule has 1 aromatic carbocycles. The van der Waals surface area contributed by atoms with Crippen molar-refractivity contribution in [3.8, 4) is 6.07 Å². The lowest BCUT2D eigenvalue weighted by Gasteiger charge is -2.35. The Morgan fingerprint density at radius 3 is 3.06 bits per heavy atom. The van der Waals surface area contributed by atoms with Crippen LogP contribution in [-0.2, 0) is 0 Å². The molecule has 16 heavy (non-hydrogen) atoms. The van der Waals surface area contributed by atoms with Crippen molar-refractivity contribution in [2.24, 2.45) is 0 Å². The summed E-state index contributed by atoms with van der Waals surface area (Å²) in [6, 6.07) is 8.12. The van der Waals surface area contributed by atoms with Crippen LogP contribution in [0.1, 0.15) is 12.5 Å². The summed E-state index contributed by atoms with van der Waals surface area (Å²) in [7, 11) is 0. The van der Waals surface area contributed by atoms with E-state index in [0.717, 1.165) is 29.4 Å². The number of nitrogens with zero attached hydrogens (tertiary/aromatic N) is 2. The number of anilines is 2. The van der Waals surface area contributed by atoms with Crippen molar-refractivity contribution in [2.75, 3.05) is 28.7 Å². The molecule has 1 aliphatic heterocycles. The number of hydrogen-bond donors (Lipinski definition) is 1. The number of hydrogen-bond acceptors (Lipinski definition) is 4. The second-order valence-electron chi connectivity index (χ2n) is 4.00. The van der Waals surface area contributed by atoms with Crippen molar-refractivity contribution in [3.63, 3.8) is 0 Å². The molecule has 2 rings (SSSR count). The van der Waals surface area contributed by atoms with Gasteiger partial charge in [-0.05, 0) is 25.1 Å². The van der Waals surface area contributed by atoms with Crippen LogP contribution < -0.4 is 10.6 Å². The molecule has 0 bridgehead atoms. The molecule has 0 aromatic heterocycles. The van der Waals surface area contributed by atoms with Crippen LogP contribution in [-0.4, -0.2) is 24.1 Å². The topological polar surface area (TPSA) is 53.0 Å². The van der Waals surface area contributed by atoms with Gasteiger partial charge in [0.05, 0.1) is 23.0 Å². The van der Waals surface area contributed by atoms with Gasteiger partial charge >= 0.3 is 0 Å². The van der Waals surface area contributed by atoms with Crippen LogP contribution in [0.25, 0.3) is 0 Å². The lowest BCUT2D eigenvalue weighted by molar-refractivity contribution is 0.701. The van der Waals surface area contributed by atoms with Crippen molar-refractivity contribution >= 4 is 23.1 Å². The Morgan fingerprint density at radius 2 is 2.38 bits per heavy atom. The molecule has 2 N–H and O–H groups in total. The third-order valence-electron chi connectivity index (χ3n) is 2.84. The predicted octanol–water partition coefficient (Wildman–Crippen LogP) is 2.08. The molecule has 3 nitrogen and oxygen atoms in total. The minimum Gasteiger partial charge on any atom is -0.397 e. The first-order valence-corrected chi connectivity index (χ1v) is 6.52. The van der Waals surface area contributed by atoms with Gasteiger partial charge in [-0.25, -0.2) is 0 Å². The van der Waals surface area contributed by atoms with Crippen LogP contribution in [0.5, 0.6) is 0 Å². The van der Waals surface area contributed by atoms with Crippen molar-refractivity contribution < 1.29 is 0 Å². The molecular weight excluding hydrogens is 218 g/mol. The molecule has 1 heterocycles. The van der Waals surface area contributed by atoms with E-state index in [-0.39, 0.29) is 0 Å². The molecule has 0 amide bonds. The zero-order valence-corrected chi connectivity index (χ0v) is 10.1. The van der Waals surface area contributed by atoms with Crippen molar-refractivity contribution in [3.05, 3.63) is 23.8 Å². The number of nitrogen functional groups attached to an aromatic ring is 1. The summed E-state index contributed by atoms with van der Waals surface area (Å²) in [6.07, 6.45) is 0. The smallest absolute Gasteiger partial charge is 0.0992 e. The zero-order valence-electron chi connectivity index (χ0n) is 9.31. The minimum atomic E-state index is 0.481. The van der Waals surface area contributed by atoms with E-state index >= 15 is 0 Å². The molecule has 0 spiro atoms. The standard InChI is InChI=1S/C12H15N3S/c1-9-8-16-5-4-15(9)12-6-10(7-13)2-3-11(12)14/h2-3,6,9H,4-5,8,14H2,1H3. The van der Waals surface area contributed by atoms with Gasteiger partial charge in [0.15, 0.2) is 0 Å². The molecule has 1 atom stereocenters. The predicted molar refractivity (Wildman–Crippen MR) is 69.7 cm³/mol. The summed E-state index contributed by atoms with van der Waals surface area (Å²) in [4.78, 5) is 2.30. The molecule has 4 heteroatoms. The first-order valence-electron chi connectivity index (χ1n) is 5.36. The van der Waals surface area contributed by atoms with E-state index in [2.05, 4.69) is 17.9 Å². The van der Waals surface area contributed by atoms with Crippen molar-refractivity contribution in [1.82, 2.24) is 0 Å². The van der Waals surface area contributed by atoms with E-state index in [1.807, 2.05) is 23.9 Å². The Hall–Kier alpha value is -1.34. The van der Waals surface area contributed by atoms with Gasteiger partial charge in [0.2, 0.25) is 0 Å². The maximum atomic E-state index is 8.90. The highest BCUT2D eigenvalue weighted by Crippen LogP contribution is 2.29. The second-order valence-corrected chi connectivity index (χ2v) is 5.15. The lowest BCUT2D eigenvalue weighted by atomic mass is 10.1. The number of rotatable bonds is 1. The largest absolute Gasteiger partial charge is 0.397 e. The van der Waals surface area contributed by atoms with Gasteiger partial charge in [0.25, 0.3) is 0 Å². The molecular formula is C12H15N3S. The average molecular weight is 233 g/mol. The van der Waals surface area contributed by atoms with Crippen LogP contribution in [0.3, 0.4) is 0 Å². The molecule has 84 valence electrons. The van der Waals surface area contributed by atoms with Crippen LogP contribution >= 0.6 is 11.8 Å². The normalized spacial score (nSPS) is 20.5. The van der Waals surface area contributed by atoms with Gasteiger partial charge in [-0.1, -0.05) is 0 Å². The van der Waals surface area contributed by atoms with Gasteiger partial charge in [-0.2, -0.15) is 17.0 Å². The van der Waals surface area contributed by atoms with E-state index in [1.54, 1.807) is 6.07 Å². The molecule has 0 radical (unpaired) electrons. The van der Waals surface area contributed by atoms with E-state index in [4.69, 9.17) is 11.0 Å². The molecule has 1 aliphatic rings. The van der Waals surface area contributed by atoms with Gasteiger partial charge in [-0.15, -0.1) is 0 Å². The van der Waals surface area contributed by atoms with E-state index < -0.39 is 0 Å². The van der Waals surface area contributed by atoms with Crippen LogP contribution in [0, 0.1) is 11.3 Å². The molecule has 0 saturated carbocycles. The number of thioether (sulfide) groups is 1. The summed E-state index contributed by atoms with van der Waals surface area (Å²) in [5, 5.41) is 8.90. The first kappa shape index (κ1) is 11.2. The van der Waals surface area contributed by atoms with Crippen LogP contribution in [0.4, 0.5) is 11.4 Å². The Balaban J connectivity index is 2.34. The summed E-state index contributed by atoms with van der Waals surface area (Å²) in [6.45, 7) is 3.20. The number of benzene rings is 1. The fraction of sp³-hybridized carbons (Fsp3) is 0.417. The zero-order chi connectivity index (χ0) is 11.5. The lowest BCUT2D eigenvalue weighted by Crippen LogP contribution is -2.40. The van der Waals surface area contributed by atoms with Crippen molar-refractivity contribution in [1.29, 1.82) is 5.26 Å². The van der Waals surface area contributed by atoms with Gasteiger partial charge in [0, 0.05) is 24.1 Å². The molecule has 1 aromatic rings. The molecule has 1 saturated heterocycles. The fourth-order valence-electron chi connectivity index (χ4n) is 1.95. The Labute approximate surface area is 100 Å². The summed E-state index contributed by atoms with van der Waals surface area (Å²) in [5.74, 6) is 2.25. The number of nitrogens with two attached hydrogens (primary N) is 1. The van der Waals surface area contributed by atoms with E-state index in [1.165, 1.54) is 0 Å². The van der Waals surface area contributed by atoms with Gasteiger partial charge in [0.1, 0.15) is 0 Å². The van der Waals surface area contributed by atoms with Gasteiger partial charge in [-0.3, -0.25) is 0 Å². The SMILES string of the molecule is CC1CSCCN1c1cc(C#N)ccc1N. The Kier molecular flexibility index (Phi) is 3.25. The fourth-order valence-corrected chi connectivity index (χ4v) is 2.96. The van der Waals surface area contributed by atoms with Crippen LogP contribution in [0.15, 0.2) is 18.2 Å². The number of nitriles is 1. The average Bonchev–Trinajstić information content (AvgIpc) is 2.31. The molecule has 1 fully saturated rings.